The number of hydrogen-bond acceptors (Lipinski definition) is 3. The highest BCUT2D eigenvalue weighted by Gasteiger charge is 2.20. The van der Waals surface area contributed by atoms with Crippen LogP contribution in [0.2, 0.25) is 0 Å². The monoisotopic (exact) mass is 270 g/mol. The molecule has 0 aromatic carbocycles. The minimum atomic E-state index is -0.915. The predicted molar refractivity (Wildman–Crippen MR) is 70.8 cm³/mol. The third-order valence-electron chi connectivity index (χ3n) is 2.74. The molecule has 0 fully saturated rings. The first-order chi connectivity index (χ1) is 8.50. The first-order valence-electron chi connectivity index (χ1n) is 5.80. The van der Waals surface area contributed by atoms with Gasteiger partial charge in [0.15, 0.2) is 0 Å². The molecule has 3 N–H and O–H groups in total. The molecule has 0 radical (unpaired) electrons. The van der Waals surface area contributed by atoms with Crippen LogP contribution in [0, 0.1) is 5.92 Å². The molecule has 100 valence electrons. The number of carboxylic acid groups (broad SMARTS) is 1. The summed E-state index contributed by atoms with van der Waals surface area (Å²) in [7, 11) is 0. The van der Waals surface area contributed by atoms with E-state index in [0.29, 0.717) is 6.54 Å². The second kappa shape index (κ2) is 7.00. The lowest BCUT2D eigenvalue weighted by Gasteiger charge is -2.18. The summed E-state index contributed by atoms with van der Waals surface area (Å²) >= 11 is 1.65. The van der Waals surface area contributed by atoms with Gasteiger partial charge in [-0.25, -0.2) is 4.79 Å². The van der Waals surface area contributed by atoms with Gasteiger partial charge < -0.3 is 15.7 Å². The normalized spacial score (nSPS) is 13.7. The molecule has 1 aromatic heterocycles. The van der Waals surface area contributed by atoms with Crippen molar-refractivity contribution in [3.8, 4) is 0 Å². The molecule has 0 aliphatic carbocycles. The Hall–Kier alpha value is -1.56. The number of carbonyl (C=O) groups is 2. The molecule has 18 heavy (non-hydrogen) atoms. The van der Waals surface area contributed by atoms with Crippen LogP contribution in [0.4, 0.5) is 4.79 Å². The maximum atomic E-state index is 11.5. The van der Waals surface area contributed by atoms with Gasteiger partial charge in [-0.2, -0.15) is 0 Å². The molecule has 0 spiro atoms. The van der Waals surface area contributed by atoms with E-state index in [1.807, 2.05) is 17.5 Å². The van der Waals surface area contributed by atoms with Crippen LogP contribution in [0.1, 0.15) is 18.7 Å². The van der Waals surface area contributed by atoms with Crippen LogP contribution < -0.4 is 10.6 Å². The molecule has 2 atom stereocenters. The quantitative estimate of drug-likeness (QED) is 0.736. The van der Waals surface area contributed by atoms with E-state index in [-0.39, 0.29) is 6.03 Å². The summed E-state index contributed by atoms with van der Waals surface area (Å²) in [5, 5.41) is 16.1. The summed E-state index contributed by atoms with van der Waals surface area (Å²) in [6, 6.07) is 3.26. The van der Waals surface area contributed by atoms with Gasteiger partial charge in [-0.3, -0.25) is 4.79 Å². The third kappa shape index (κ3) is 4.75. The summed E-state index contributed by atoms with van der Waals surface area (Å²) in [5.41, 5.74) is 0. The van der Waals surface area contributed by atoms with E-state index < -0.39 is 17.9 Å². The molecule has 1 heterocycles. The van der Waals surface area contributed by atoms with Gasteiger partial charge >= 0.3 is 12.0 Å². The zero-order valence-electron chi connectivity index (χ0n) is 10.5. The van der Waals surface area contributed by atoms with Crippen LogP contribution in [-0.2, 0) is 11.2 Å². The van der Waals surface area contributed by atoms with Gasteiger partial charge in [-0.05, 0) is 31.7 Å². The number of nitrogens with one attached hydrogen (secondary N) is 2. The number of amides is 2. The van der Waals surface area contributed by atoms with E-state index in [0.717, 1.165) is 6.42 Å². The van der Waals surface area contributed by atoms with Crippen LogP contribution in [0.3, 0.4) is 0 Å². The van der Waals surface area contributed by atoms with Crippen molar-refractivity contribution in [2.75, 3.05) is 6.54 Å². The molecular weight excluding hydrogens is 252 g/mol. The number of carboxylic acids is 1. The number of aliphatic carboxylic acids is 1. The summed E-state index contributed by atoms with van der Waals surface area (Å²) < 4.78 is 0. The summed E-state index contributed by atoms with van der Waals surface area (Å²) in [6.45, 7) is 3.79. The van der Waals surface area contributed by atoms with Crippen molar-refractivity contribution >= 4 is 23.3 Å². The molecule has 1 rings (SSSR count). The van der Waals surface area contributed by atoms with Crippen molar-refractivity contribution in [1.82, 2.24) is 10.6 Å². The van der Waals surface area contributed by atoms with Crippen molar-refractivity contribution in [1.29, 1.82) is 0 Å². The standard InChI is InChI=1S/C12H18N2O3S/c1-8(11(15)16)9(2)14-12(17)13-6-5-10-4-3-7-18-10/h3-4,7-9H,5-6H2,1-2H3,(H,15,16)(H2,13,14,17). The smallest absolute Gasteiger partial charge is 0.315 e. The molecule has 0 bridgehead atoms. The Balaban J connectivity index is 2.23. The first-order valence-corrected chi connectivity index (χ1v) is 6.68. The zero-order chi connectivity index (χ0) is 13.5. The topological polar surface area (TPSA) is 78.4 Å². The lowest BCUT2D eigenvalue weighted by atomic mass is 10.0. The van der Waals surface area contributed by atoms with E-state index in [9.17, 15) is 9.59 Å². The largest absolute Gasteiger partial charge is 0.481 e. The second-order valence-electron chi connectivity index (χ2n) is 4.15. The van der Waals surface area contributed by atoms with Crippen molar-refractivity contribution in [2.45, 2.75) is 26.3 Å². The fourth-order valence-electron chi connectivity index (χ4n) is 1.35. The van der Waals surface area contributed by atoms with Crippen LogP contribution >= 0.6 is 11.3 Å². The molecule has 0 saturated heterocycles. The van der Waals surface area contributed by atoms with E-state index in [1.54, 1.807) is 25.2 Å². The highest BCUT2D eigenvalue weighted by molar-refractivity contribution is 7.09. The summed E-state index contributed by atoms with van der Waals surface area (Å²) in [6.07, 6.45) is 0.786. The summed E-state index contributed by atoms with van der Waals surface area (Å²) in [5.74, 6) is -1.52. The molecular formula is C12H18N2O3S. The van der Waals surface area contributed by atoms with Crippen LogP contribution in [0.5, 0.6) is 0 Å². The highest BCUT2D eigenvalue weighted by Crippen LogP contribution is 2.08. The number of urea groups is 1. The zero-order valence-corrected chi connectivity index (χ0v) is 11.3. The molecule has 5 nitrogen and oxygen atoms in total. The first kappa shape index (κ1) is 14.5. The molecule has 0 saturated carbocycles. The minimum absolute atomic E-state index is 0.327. The Morgan fingerprint density at radius 2 is 2.17 bits per heavy atom. The summed E-state index contributed by atoms with van der Waals surface area (Å²) in [4.78, 5) is 23.4. The lowest BCUT2D eigenvalue weighted by Crippen LogP contribution is -2.45. The van der Waals surface area contributed by atoms with Gasteiger partial charge in [0.1, 0.15) is 0 Å². The Kier molecular flexibility index (Phi) is 5.64. The minimum Gasteiger partial charge on any atom is -0.481 e. The van der Waals surface area contributed by atoms with Crippen LogP contribution in [0.25, 0.3) is 0 Å². The SMILES string of the molecule is CC(NC(=O)NCCc1cccs1)C(C)C(=O)O. The van der Waals surface area contributed by atoms with E-state index in [1.165, 1.54) is 4.88 Å². The molecule has 0 aliphatic heterocycles. The van der Waals surface area contributed by atoms with Crippen molar-refractivity contribution in [3.05, 3.63) is 22.4 Å². The Bertz CT molecular complexity index is 392. The van der Waals surface area contributed by atoms with E-state index >= 15 is 0 Å². The van der Waals surface area contributed by atoms with Crippen LogP contribution in [-0.4, -0.2) is 29.7 Å². The van der Waals surface area contributed by atoms with Gasteiger partial charge in [-0.1, -0.05) is 6.07 Å². The molecule has 1 aromatic rings. The fraction of sp³-hybridized carbons (Fsp3) is 0.500. The molecule has 2 unspecified atom stereocenters. The van der Waals surface area contributed by atoms with Crippen molar-refractivity contribution in [3.63, 3.8) is 0 Å². The number of thiophene rings is 1. The predicted octanol–water partition coefficient (Wildman–Crippen LogP) is 1.70. The van der Waals surface area contributed by atoms with Gasteiger partial charge in [0.25, 0.3) is 0 Å². The second-order valence-corrected chi connectivity index (χ2v) is 5.18. The van der Waals surface area contributed by atoms with Gasteiger partial charge in [0.2, 0.25) is 0 Å². The number of rotatable bonds is 6. The highest BCUT2D eigenvalue weighted by atomic mass is 32.1. The third-order valence-corrected chi connectivity index (χ3v) is 3.67. The molecule has 0 aliphatic rings. The Morgan fingerprint density at radius 3 is 2.72 bits per heavy atom. The maximum Gasteiger partial charge on any atom is 0.315 e. The number of hydrogen-bond donors (Lipinski definition) is 3. The van der Waals surface area contributed by atoms with E-state index in [2.05, 4.69) is 10.6 Å². The average Bonchev–Trinajstić information content (AvgIpc) is 2.80. The van der Waals surface area contributed by atoms with Gasteiger partial charge in [0.05, 0.1) is 5.92 Å². The Labute approximate surface area is 110 Å². The lowest BCUT2D eigenvalue weighted by molar-refractivity contribution is -0.141. The van der Waals surface area contributed by atoms with Gasteiger partial charge in [-0.15, -0.1) is 11.3 Å². The van der Waals surface area contributed by atoms with E-state index in [4.69, 9.17) is 5.11 Å². The average molecular weight is 270 g/mol. The van der Waals surface area contributed by atoms with Crippen molar-refractivity contribution in [2.24, 2.45) is 5.92 Å². The Morgan fingerprint density at radius 1 is 1.44 bits per heavy atom. The maximum absolute atomic E-state index is 11.5. The van der Waals surface area contributed by atoms with Crippen molar-refractivity contribution < 1.29 is 14.7 Å². The molecule has 6 heteroatoms. The van der Waals surface area contributed by atoms with Gasteiger partial charge in [0, 0.05) is 17.5 Å². The number of carbonyl (C=O) groups excluding carboxylic acids is 1. The molecule has 2 amide bonds. The van der Waals surface area contributed by atoms with Crippen LogP contribution in [0.15, 0.2) is 17.5 Å². The fourth-order valence-corrected chi connectivity index (χ4v) is 2.06.